The molecule has 0 atom stereocenters. The van der Waals surface area contributed by atoms with E-state index in [0.29, 0.717) is 36.0 Å². The van der Waals surface area contributed by atoms with E-state index in [1.807, 2.05) is 6.07 Å². The predicted octanol–water partition coefficient (Wildman–Crippen LogP) is 2.76. The molecule has 0 aliphatic carbocycles. The van der Waals surface area contributed by atoms with Crippen LogP contribution in [0.4, 0.5) is 5.69 Å². The lowest BCUT2D eigenvalue weighted by Gasteiger charge is -2.19. The van der Waals surface area contributed by atoms with Crippen LogP contribution >= 0.6 is 15.9 Å². The number of anilines is 1. The van der Waals surface area contributed by atoms with E-state index in [9.17, 15) is 9.59 Å². The number of nitrogens with one attached hydrogen (secondary N) is 2. The Morgan fingerprint density at radius 2 is 1.84 bits per heavy atom. The molecule has 2 aromatic rings. The lowest BCUT2D eigenvalue weighted by Crippen LogP contribution is -2.19. The van der Waals surface area contributed by atoms with Crippen LogP contribution in [-0.4, -0.2) is 32.1 Å². The van der Waals surface area contributed by atoms with Crippen molar-refractivity contribution in [3.05, 3.63) is 52.0 Å². The Morgan fingerprint density at radius 1 is 1.12 bits per heavy atom. The molecule has 0 radical (unpaired) electrons. The van der Waals surface area contributed by atoms with Crippen molar-refractivity contribution in [2.75, 3.05) is 25.6 Å². The van der Waals surface area contributed by atoms with Crippen LogP contribution in [0.1, 0.15) is 15.9 Å². The third kappa shape index (κ3) is 4.11. The summed E-state index contributed by atoms with van der Waals surface area (Å²) in [6.07, 6.45) is 0.168. The van der Waals surface area contributed by atoms with Gasteiger partial charge < -0.3 is 20.1 Å². The molecule has 0 unspecified atom stereocenters. The molecule has 0 aromatic heterocycles. The Bertz CT molecular complexity index is 823. The van der Waals surface area contributed by atoms with E-state index in [4.69, 9.17) is 9.47 Å². The number of carbonyl (C=O) groups is 2. The second kappa shape index (κ2) is 7.57. The average Bonchev–Trinajstić information content (AvgIpc) is 2.61. The molecule has 0 saturated heterocycles. The van der Waals surface area contributed by atoms with Crippen LogP contribution in [0.15, 0.2) is 40.9 Å². The lowest BCUT2D eigenvalue weighted by molar-refractivity contribution is -0.115. The zero-order valence-corrected chi connectivity index (χ0v) is 15.2. The Hall–Kier alpha value is -2.54. The van der Waals surface area contributed by atoms with Crippen molar-refractivity contribution in [3.8, 4) is 11.5 Å². The summed E-state index contributed by atoms with van der Waals surface area (Å²) in [6, 6.07) is 10.4. The van der Waals surface area contributed by atoms with Gasteiger partial charge in [0.25, 0.3) is 5.91 Å². The number of amides is 2. The van der Waals surface area contributed by atoms with Gasteiger partial charge in [0.1, 0.15) is 13.2 Å². The number of benzene rings is 2. The number of carbonyl (C=O) groups excluding carboxylic acids is 2. The summed E-state index contributed by atoms with van der Waals surface area (Å²) in [7, 11) is 1.56. The average molecular weight is 405 g/mol. The van der Waals surface area contributed by atoms with Crippen molar-refractivity contribution in [2.45, 2.75) is 6.42 Å². The first-order valence-corrected chi connectivity index (χ1v) is 8.56. The molecule has 130 valence electrons. The fraction of sp³-hybridized carbons (Fsp3) is 0.222. The van der Waals surface area contributed by atoms with Crippen LogP contribution in [0, 0.1) is 0 Å². The Morgan fingerprint density at radius 3 is 2.56 bits per heavy atom. The third-order valence-corrected chi connectivity index (χ3v) is 4.44. The fourth-order valence-corrected chi connectivity index (χ4v) is 2.96. The van der Waals surface area contributed by atoms with Crippen LogP contribution in [0.3, 0.4) is 0 Å². The standard InChI is InChI=1S/C18H17BrN2O4/c1-20-18(23)11-3-2-4-13(7-11)21-17(22)9-12-8-15-16(10-14(12)19)25-6-5-24-15/h2-4,7-8,10H,5-6,9H2,1H3,(H,20,23)(H,21,22). The summed E-state index contributed by atoms with van der Waals surface area (Å²) in [4.78, 5) is 24.0. The van der Waals surface area contributed by atoms with Gasteiger partial charge >= 0.3 is 0 Å². The molecule has 2 aromatic carbocycles. The molecule has 0 spiro atoms. The van der Waals surface area contributed by atoms with E-state index in [1.54, 1.807) is 37.4 Å². The summed E-state index contributed by atoms with van der Waals surface area (Å²) >= 11 is 3.46. The Balaban J connectivity index is 1.72. The molecule has 7 heteroatoms. The maximum absolute atomic E-state index is 12.3. The predicted molar refractivity (Wildman–Crippen MR) is 97.3 cm³/mol. The first-order chi connectivity index (χ1) is 12.1. The van der Waals surface area contributed by atoms with E-state index >= 15 is 0 Å². The van der Waals surface area contributed by atoms with Crippen LogP contribution in [0.5, 0.6) is 11.5 Å². The first-order valence-electron chi connectivity index (χ1n) is 7.77. The molecule has 6 nitrogen and oxygen atoms in total. The van der Waals surface area contributed by atoms with Gasteiger partial charge in [0.2, 0.25) is 5.91 Å². The number of hydrogen-bond donors (Lipinski definition) is 2. The molecule has 1 aliphatic rings. The van der Waals surface area contributed by atoms with Crippen molar-refractivity contribution < 1.29 is 19.1 Å². The molecular weight excluding hydrogens is 388 g/mol. The highest BCUT2D eigenvalue weighted by Crippen LogP contribution is 2.35. The smallest absolute Gasteiger partial charge is 0.251 e. The van der Waals surface area contributed by atoms with Crippen molar-refractivity contribution in [1.82, 2.24) is 5.32 Å². The van der Waals surface area contributed by atoms with Crippen LogP contribution in [0.25, 0.3) is 0 Å². The van der Waals surface area contributed by atoms with Gasteiger partial charge in [0.05, 0.1) is 6.42 Å². The van der Waals surface area contributed by atoms with Crippen molar-refractivity contribution >= 4 is 33.4 Å². The summed E-state index contributed by atoms with van der Waals surface area (Å²) in [6.45, 7) is 1.01. The topological polar surface area (TPSA) is 76.7 Å². The van der Waals surface area contributed by atoms with Gasteiger partial charge in [-0.3, -0.25) is 9.59 Å². The second-order valence-electron chi connectivity index (χ2n) is 5.47. The van der Waals surface area contributed by atoms with E-state index in [-0.39, 0.29) is 18.2 Å². The number of halogens is 1. The highest BCUT2D eigenvalue weighted by molar-refractivity contribution is 9.10. The lowest BCUT2D eigenvalue weighted by atomic mass is 10.1. The highest BCUT2D eigenvalue weighted by atomic mass is 79.9. The minimum atomic E-state index is -0.203. The third-order valence-electron chi connectivity index (χ3n) is 3.70. The van der Waals surface area contributed by atoms with Gasteiger partial charge in [-0.1, -0.05) is 22.0 Å². The second-order valence-corrected chi connectivity index (χ2v) is 6.33. The number of ether oxygens (including phenoxy) is 2. The van der Waals surface area contributed by atoms with Crippen molar-refractivity contribution in [1.29, 1.82) is 0 Å². The van der Waals surface area contributed by atoms with E-state index in [2.05, 4.69) is 26.6 Å². The number of fused-ring (bicyclic) bond motifs is 1. The molecule has 25 heavy (non-hydrogen) atoms. The minimum Gasteiger partial charge on any atom is -0.486 e. The maximum atomic E-state index is 12.3. The fourth-order valence-electron chi connectivity index (χ4n) is 2.50. The van der Waals surface area contributed by atoms with Gasteiger partial charge in [-0.25, -0.2) is 0 Å². The van der Waals surface area contributed by atoms with Crippen LogP contribution in [0.2, 0.25) is 0 Å². The minimum absolute atomic E-state index is 0.168. The van der Waals surface area contributed by atoms with Gasteiger partial charge in [0.15, 0.2) is 11.5 Å². The van der Waals surface area contributed by atoms with Gasteiger partial charge in [0, 0.05) is 22.8 Å². The van der Waals surface area contributed by atoms with Gasteiger partial charge in [-0.15, -0.1) is 0 Å². The summed E-state index contributed by atoms with van der Waals surface area (Å²) in [5.41, 5.74) is 1.85. The first kappa shape index (κ1) is 17.3. The summed E-state index contributed by atoms with van der Waals surface area (Å²) in [5.74, 6) is 0.913. The number of rotatable bonds is 4. The van der Waals surface area contributed by atoms with Crippen molar-refractivity contribution in [2.24, 2.45) is 0 Å². The van der Waals surface area contributed by atoms with Gasteiger partial charge in [-0.2, -0.15) is 0 Å². The largest absolute Gasteiger partial charge is 0.486 e. The highest BCUT2D eigenvalue weighted by Gasteiger charge is 2.16. The van der Waals surface area contributed by atoms with E-state index < -0.39 is 0 Å². The van der Waals surface area contributed by atoms with Gasteiger partial charge in [-0.05, 0) is 35.9 Å². The molecule has 1 aliphatic heterocycles. The molecule has 2 N–H and O–H groups in total. The van der Waals surface area contributed by atoms with Crippen LogP contribution < -0.4 is 20.1 Å². The quantitative estimate of drug-likeness (QED) is 0.821. The normalized spacial score (nSPS) is 12.4. The molecule has 2 amide bonds. The molecular formula is C18H17BrN2O4. The zero-order valence-electron chi connectivity index (χ0n) is 13.6. The SMILES string of the molecule is CNC(=O)c1cccc(NC(=O)Cc2cc3c(cc2Br)OCCO3)c1. The van der Waals surface area contributed by atoms with Crippen molar-refractivity contribution in [3.63, 3.8) is 0 Å². The monoisotopic (exact) mass is 404 g/mol. The maximum Gasteiger partial charge on any atom is 0.251 e. The zero-order chi connectivity index (χ0) is 17.8. The van der Waals surface area contributed by atoms with E-state index in [0.717, 1.165) is 10.0 Å². The molecule has 0 saturated carbocycles. The Kier molecular flexibility index (Phi) is 5.23. The molecule has 3 rings (SSSR count). The van der Waals surface area contributed by atoms with Crippen LogP contribution in [-0.2, 0) is 11.2 Å². The molecule has 0 fully saturated rings. The summed E-state index contributed by atoms with van der Waals surface area (Å²) in [5, 5.41) is 5.36. The molecule has 1 heterocycles. The van der Waals surface area contributed by atoms with E-state index in [1.165, 1.54) is 0 Å². The molecule has 0 bridgehead atoms. The summed E-state index contributed by atoms with van der Waals surface area (Å²) < 4.78 is 11.8. The Labute approximate surface area is 153 Å². The number of hydrogen-bond acceptors (Lipinski definition) is 4.